The average Bonchev–Trinajstić information content (AvgIpc) is 2.98. The molecule has 2 rings (SSSR count). The van der Waals surface area contributed by atoms with Gasteiger partial charge in [-0.15, -0.1) is 11.3 Å². The summed E-state index contributed by atoms with van der Waals surface area (Å²) >= 11 is 12.9. The van der Waals surface area contributed by atoms with E-state index in [4.69, 9.17) is 23.2 Å². The van der Waals surface area contributed by atoms with Gasteiger partial charge in [-0.25, -0.2) is 13.1 Å². The summed E-state index contributed by atoms with van der Waals surface area (Å²) in [5, 5.41) is 3.24. The van der Waals surface area contributed by atoms with Crippen LogP contribution in [0.25, 0.3) is 0 Å². The zero-order chi connectivity index (χ0) is 17.0. The number of carbonyl (C=O) groups excluding carboxylic acids is 1. The largest absolute Gasteiger partial charge is 0.324 e. The maximum atomic E-state index is 12.1. The maximum Gasteiger partial charge on any atom is 0.250 e. The van der Waals surface area contributed by atoms with E-state index in [2.05, 4.69) is 10.0 Å². The van der Waals surface area contributed by atoms with Gasteiger partial charge in [-0.3, -0.25) is 4.79 Å². The van der Waals surface area contributed by atoms with Crippen LogP contribution < -0.4 is 10.0 Å². The van der Waals surface area contributed by atoms with Crippen LogP contribution in [0.2, 0.25) is 10.0 Å². The summed E-state index contributed by atoms with van der Waals surface area (Å²) in [5.74, 6) is -0.523. The van der Waals surface area contributed by atoms with Gasteiger partial charge in [-0.1, -0.05) is 30.1 Å². The Morgan fingerprint density at radius 3 is 2.57 bits per heavy atom. The standard InChI is InChI=1S/C14H14Cl2N2O3S2/c1-2-10-4-6-14(22-10)23(20,21)17-8-13(19)18-12-5-3-9(15)7-11(12)16/h3-7,17H,2,8H2,1H3,(H,18,19). The van der Waals surface area contributed by atoms with Crippen molar-refractivity contribution in [1.29, 1.82) is 0 Å². The number of rotatable bonds is 6. The van der Waals surface area contributed by atoms with Crippen molar-refractivity contribution in [2.24, 2.45) is 0 Å². The van der Waals surface area contributed by atoms with Gasteiger partial charge in [0.1, 0.15) is 4.21 Å². The second kappa shape index (κ2) is 7.63. The maximum absolute atomic E-state index is 12.1. The molecule has 0 fully saturated rings. The fourth-order valence-electron chi connectivity index (χ4n) is 1.71. The first-order valence-corrected chi connectivity index (χ1v) is 9.70. The molecule has 1 amide bonds. The molecule has 124 valence electrons. The van der Waals surface area contributed by atoms with Crippen molar-refractivity contribution in [3.05, 3.63) is 45.3 Å². The minimum absolute atomic E-state index is 0.187. The van der Waals surface area contributed by atoms with E-state index in [-0.39, 0.29) is 15.8 Å². The van der Waals surface area contributed by atoms with E-state index in [1.807, 2.05) is 6.92 Å². The van der Waals surface area contributed by atoms with Crippen LogP contribution in [-0.2, 0) is 21.2 Å². The Morgan fingerprint density at radius 2 is 1.96 bits per heavy atom. The van der Waals surface area contributed by atoms with Gasteiger partial charge >= 0.3 is 0 Å². The van der Waals surface area contributed by atoms with Gasteiger partial charge in [0.05, 0.1) is 17.3 Å². The quantitative estimate of drug-likeness (QED) is 0.789. The highest BCUT2D eigenvalue weighted by Crippen LogP contribution is 2.25. The van der Waals surface area contributed by atoms with Crippen LogP contribution >= 0.6 is 34.5 Å². The number of thiophene rings is 1. The SMILES string of the molecule is CCc1ccc(S(=O)(=O)NCC(=O)Nc2ccc(Cl)cc2Cl)s1. The van der Waals surface area contributed by atoms with Crippen molar-refractivity contribution < 1.29 is 13.2 Å². The molecule has 0 aliphatic heterocycles. The number of benzene rings is 1. The topological polar surface area (TPSA) is 75.3 Å². The summed E-state index contributed by atoms with van der Waals surface area (Å²) in [6.45, 7) is 1.56. The van der Waals surface area contributed by atoms with E-state index in [1.54, 1.807) is 18.2 Å². The van der Waals surface area contributed by atoms with Crippen molar-refractivity contribution >= 4 is 56.2 Å². The lowest BCUT2D eigenvalue weighted by Gasteiger charge is -2.08. The number of amides is 1. The third-order valence-electron chi connectivity index (χ3n) is 2.88. The van der Waals surface area contributed by atoms with E-state index in [0.29, 0.717) is 10.7 Å². The number of anilines is 1. The fraction of sp³-hybridized carbons (Fsp3) is 0.214. The molecule has 0 atom stereocenters. The van der Waals surface area contributed by atoms with E-state index >= 15 is 0 Å². The molecule has 2 N–H and O–H groups in total. The number of hydrogen-bond donors (Lipinski definition) is 2. The summed E-state index contributed by atoms with van der Waals surface area (Å²) in [7, 11) is -3.70. The Balaban J connectivity index is 1.98. The average molecular weight is 393 g/mol. The first kappa shape index (κ1) is 18.2. The molecular weight excluding hydrogens is 379 g/mol. The van der Waals surface area contributed by atoms with Gasteiger partial charge < -0.3 is 5.32 Å². The zero-order valence-corrected chi connectivity index (χ0v) is 15.2. The van der Waals surface area contributed by atoms with Crippen molar-refractivity contribution in [3.8, 4) is 0 Å². The lowest BCUT2D eigenvalue weighted by molar-refractivity contribution is -0.115. The van der Waals surface area contributed by atoms with Crippen LogP contribution in [0.15, 0.2) is 34.5 Å². The van der Waals surface area contributed by atoms with Crippen LogP contribution in [0.1, 0.15) is 11.8 Å². The van der Waals surface area contributed by atoms with Gasteiger partial charge in [0, 0.05) is 9.90 Å². The Hall–Kier alpha value is -1.12. The minimum Gasteiger partial charge on any atom is -0.324 e. The minimum atomic E-state index is -3.70. The first-order chi connectivity index (χ1) is 10.8. The summed E-state index contributed by atoms with van der Waals surface area (Å²) in [6, 6.07) is 7.89. The molecule has 0 radical (unpaired) electrons. The van der Waals surface area contributed by atoms with Crippen molar-refractivity contribution in [2.45, 2.75) is 17.6 Å². The molecule has 23 heavy (non-hydrogen) atoms. The molecule has 9 heteroatoms. The molecule has 1 heterocycles. The van der Waals surface area contributed by atoms with Gasteiger partial charge in [0.2, 0.25) is 5.91 Å². The number of carbonyl (C=O) groups is 1. The molecule has 1 aromatic heterocycles. The second-order valence-corrected chi connectivity index (χ2v) is 8.58. The lowest BCUT2D eigenvalue weighted by atomic mass is 10.3. The summed E-state index contributed by atoms with van der Waals surface area (Å²) in [5.41, 5.74) is 0.365. The van der Waals surface area contributed by atoms with E-state index < -0.39 is 15.9 Å². The third-order valence-corrected chi connectivity index (χ3v) is 6.55. The van der Waals surface area contributed by atoms with Gasteiger partial charge in [0.15, 0.2) is 0 Å². The van der Waals surface area contributed by atoms with Crippen molar-refractivity contribution in [2.75, 3.05) is 11.9 Å². The Morgan fingerprint density at radius 1 is 1.22 bits per heavy atom. The van der Waals surface area contributed by atoms with E-state index in [9.17, 15) is 13.2 Å². The highest BCUT2D eigenvalue weighted by Gasteiger charge is 2.18. The van der Waals surface area contributed by atoms with Crippen molar-refractivity contribution in [1.82, 2.24) is 4.72 Å². The zero-order valence-electron chi connectivity index (χ0n) is 12.1. The summed E-state index contributed by atoms with van der Waals surface area (Å²) in [4.78, 5) is 12.8. The van der Waals surface area contributed by atoms with Crippen LogP contribution in [-0.4, -0.2) is 20.9 Å². The molecule has 0 saturated carbocycles. The molecule has 0 unspecified atom stereocenters. The highest BCUT2D eigenvalue weighted by atomic mass is 35.5. The normalized spacial score (nSPS) is 11.4. The Bertz CT molecular complexity index is 819. The predicted molar refractivity (Wildman–Crippen MR) is 94.0 cm³/mol. The van der Waals surface area contributed by atoms with Crippen molar-refractivity contribution in [3.63, 3.8) is 0 Å². The number of sulfonamides is 1. The molecule has 0 spiro atoms. The highest BCUT2D eigenvalue weighted by molar-refractivity contribution is 7.91. The molecule has 5 nitrogen and oxygen atoms in total. The molecule has 0 aliphatic carbocycles. The summed E-state index contributed by atoms with van der Waals surface area (Å²) < 4.78 is 26.7. The monoisotopic (exact) mass is 392 g/mol. The van der Waals surface area contributed by atoms with Crippen LogP contribution in [0.4, 0.5) is 5.69 Å². The molecule has 0 bridgehead atoms. The van der Waals surface area contributed by atoms with Crippen LogP contribution in [0.5, 0.6) is 0 Å². The molecule has 2 aromatic rings. The first-order valence-electron chi connectivity index (χ1n) is 6.65. The molecule has 1 aromatic carbocycles. The lowest BCUT2D eigenvalue weighted by Crippen LogP contribution is -2.32. The van der Waals surface area contributed by atoms with E-state index in [0.717, 1.165) is 11.3 Å². The number of nitrogens with one attached hydrogen (secondary N) is 2. The predicted octanol–water partition coefficient (Wildman–Crippen LogP) is 3.53. The van der Waals surface area contributed by atoms with Gasteiger partial charge in [-0.05, 0) is 36.8 Å². The number of halogens is 2. The number of aryl methyl sites for hydroxylation is 1. The molecule has 0 aliphatic rings. The fourth-order valence-corrected chi connectivity index (χ4v) is 4.49. The van der Waals surface area contributed by atoms with E-state index in [1.165, 1.54) is 23.5 Å². The van der Waals surface area contributed by atoms with Crippen LogP contribution in [0, 0.1) is 0 Å². The Kier molecular flexibility index (Phi) is 6.05. The van der Waals surface area contributed by atoms with Gasteiger partial charge in [-0.2, -0.15) is 0 Å². The molecular formula is C14H14Cl2N2O3S2. The number of hydrogen-bond acceptors (Lipinski definition) is 4. The Labute approximate surface area is 148 Å². The summed E-state index contributed by atoms with van der Waals surface area (Å²) in [6.07, 6.45) is 0.760. The smallest absolute Gasteiger partial charge is 0.250 e. The molecule has 0 saturated heterocycles. The van der Waals surface area contributed by atoms with Gasteiger partial charge in [0.25, 0.3) is 10.0 Å². The second-order valence-electron chi connectivity index (χ2n) is 4.57. The van der Waals surface area contributed by atoms with Crippen LogP contribution in [0.3, 0.4) is 0 Å². The third kappa shape index (κ3) is 4.92.